The number of rotatable bonds is 5. The van der Waals surface area contributed by atoms with E-state index in [0.717, 1.165) is 17.7 Å². The van der Waals surface area contributed by atoms with Crippen LogP contribution in [0.1, 0.15) is 13.8 Å². The first-order valence-corrected chi connectivity index (χ1v) is 6.87. The summed E-state index contributed by atoms with van der Waals surface area (Å²) < 4.78 is 6.70. The van der Waals surface area contributed by atoms with Crippen molar-refractivity contribution in [1.82, 2.24) is 9.80 Å². The first kappa shape index (κ1) is 12.7. The van der Waals surface area contributed by atoms with Gasteiger partial charge in [0.1, 0.15) is 0 Å². The van der Waals surface area contributed by atoms with Crippen molar-refractivity contribution in [1.29, 1.82) is 0 Å². The molecule has 1 saturated heterocycles. The minimum atomic E-state index is 0.366. The van der Waals surface area contributed by atoms with Crippen LogP contribution in [0.2, 0.25) is 0 Å². The number of ether oxygens (including phenoxy) is 1. The van der Waals surface area contributed by atoms with Crippen LogP contribution >= 0.6 is 22.6 Å². The molecular formula is C10H21IN2O. The second kappa shape index (κ2) is 6.98. The van der Waals surface area contributed by atoms with Crippen LogP contribution in [0.15, 0.2) is 0 Å². The van der Waals surface area contributed by atoms with E-state index >= 15 is 0 Å². The van der Waals surface area contributed by atoms with Gasteiger partial charge in [0, 0.05) is 32.7 Å². The van der Waals surface area contributed by atoms with Crippen LogP contribution in [0.25, 0.3) is 0 Å². The fourth-order valence-corrected chi connectivity index (χ4v) is 2.23. The Labute approximate surface area is 101 Å². The van der Waals surface area contributed by atoms with Gasteiger partial charge in [-0.15, -0.1) is 0 Å². The molecule has 0 bridgehead atoms. The summed E-state index contributed by atoms with van der Waals surface area (Å²) >= 11 is 2.43. The highest BCUT2D eigenvalue weighted by Gasteiger charge is 2.14. The summed E-state index contributed by atoms with van der Waals surface area (Å²) in [6.45, 7) is 11.0. The molecule has 0 saturated carbocycles. The maximum atomic E-state index is 5.54. The zero-order chi connectivity index (χ0) is 10.4. The molecule has 3 nitrogen and oxygen atoms in total. The molecule has 0 N–H and O–H groups in total. The maximum absolute atomic E-state index is 5.54. The van der Waals surface area contributed by atoms with Gasteiger partial charge in [-0.1, -0.05) is 22.6 Å². The Morgan fingerprint density at radius 3 is 2.21 bits per heavy atom. The van der Waals surface area contributed by atoms with Gasteiger partial charge in [-0.25, -0.2) is 0 Å². The third kappa shape index (κ3) is 4.91. The molecule has 1 heterocycles. The van der Waals surface area contributed by atoms with Gasteiger partial charge in [0.25, 0.3) is 0 Å². The largest absolute Gasteiger partial charge is 0.377 e. The zero-order valence-electron chi connectivity index (χ0n) is 9.21. The molecule has 0 spiro atoms. The minimum absolute atomic E-state index is 0.366. The van der Waals surface area contributed by atoms with Crippen molar-refractivity contribution in [3.8, 4) is 0 Å². The smallest absolute Gasteiger partial charge is 0.0596 e. The Kier molecular flexibility index (Phi) is 6.32. The van der Waals surface area contributed by atoms with Gasteiger partial charge >= 0.3 is 0 Å². The van der Waals surface area contributed by atoms with Gasteiger partial charge in [-0.2, -0.15) is 0 Å². The molecule has 1 rings (SSSR count). The highest BCUT2D eigenvalue weighted by molar-refractivity contribution is 14.1. The number of piperazine rings is 1. The normalized spacial score (nSPS) is 20.6. The molecule has 84 valence electrons. The monoisotopic (exact) mass is 312 g/mol. The zero-order valence-corrected chi connectivity index (χ0v) is 11.4. The van der Waals surface area contributed by atoms with Gasteiger partial charge in [0.2, 0.25) is 0 Å². The molecule has 0 radical (unpaired) electrons. The van der Waals surface area contributed by atoms with E-state index in [4.69, 9.17) is 4.74 Å². The number of hydrogen-bond donors (Lipinski definition) is 0. The molecular weight excluding hydrogens is 291 g/mol. The van der Waals surface area contributed by atoms with Crippen molar-refractivity contribution in [2.45, 2.75) is 20.0 Å². The lowest BCUT2D eigenvalue weighted by Crippen LogP contribution is -2.46. The van der Waals surface area contributed by atoms with Crippen molar-refractivity contribution < 1.29 is 4.74 Å². The SMILES string of the molecule is CC(C)OCCN1CCN(CI)CC1. The van der Waals surface area contributed by atoms with Crippen molar-refractivity contribution in [3.05, 3.63) is 0 Å². The van der Waals surface area contributed by atoms with Crippen LogP contribution in [0.4, 0.5) is 0 Å². The molecule has 0 amide bonds. The van der Waals surface area contributed by atoms with Crippen LogP contribution < -0.4 is 0 Å². The van der Waals surface area contributed by atoms with Crippen molar-refractivity contribution in [2.24, 2.45) is 0 Å². The van der Waals surface area contributed by atoms with Gasteiger partial charge in [0.15, 0.2) is 0 Å². The standard InChI is InChI=1S/C10H21IN2O/c1-10(2)14-8-7-12-3-5-13(9-11)6-4-12/h10H,3-9H2,1-2H3. The van der Waals surface area contributed by atoms with E-state index in [2.05, 4.69) is 46.2 Å². The lowest BCUT2D eigenvalue weighted by atomic mass is 10.3. The Bertz CT molecular complexity index is 147. The summed E-state index contributed by atoms with van der Waals surface area (Å²) in [6, 6.07) is 0. The first-order valence-electron chi connectivity index (χ1n) is 5.34. The summed E-state index contributed by atoms with van der Waals surface area (Å²) in [6.07, 6.45) is 0.366. The van der Waals surface area contributed by atoms with Crippen molar-refractivity contribution in [2.75, 3.05) is 43.9 Å². The Morgan fingerprint density at radius 1 is 1.14 bits per heavy atom. The summed E-state index contributed by atoms with van der Waals surface area (Å²) in [7, 11) is 0. The summed E-state index contributed by atoms with van der Waals surface area (Å²) in [4.78, 5) is 4.98. The van der Waals surface area contributed by atoms with E-state index < -0.39 is 0 Å². The summed E-state index contributed by atoms with van der Waals surface area (Å²) in [5.41, 5.74) is 0. The Balaban J connectivity index is 2.04. The first-order chi connectivity index (χ1) is 6.72. The van der Waals surface area contributed by atoms with Crippen molar-refractivity contribution in [3.63, 3.8) is 0 Å². The van der Waals surface area contributed by atoms with E-state index in [9.17, 15) is 0 Å². The summed E-state index contributed by atoms with van der Waals surface area (Å²) in [5.74, 6) is 0. The minimum Gasteiger partial charge on any atom is -0.377 e. The van der Waals surface area contributed by atoms with E-state index in [-0.39, 0.29) is 0 Å². The average molecular weight is 312 g/mol. The molecule has 4 heteroatoms. The Hall–Kier alpha value is 0.610. The average Bonchev–Trinajstić information content (AvgIpc) is 2.18. The van der Waals surface area contributed by atoms with Gasteiger partial charge in [-0.3, -0.25) is 9.80 Å². The molecule has 0 aromatic heterocycles. The molecule has 0 atom stereocenters. The van der Waals surface area contributed by atoms with E-state index in [0.29, 0.717) is 6.10 Å². The number of alkyl halides is 1. The molecule has 0 unspecified atom stereocenters. The molecule has 0 aromatic rings. The number of nitrogens with zero attached hydrogens (tertiary/aromatic N) is 2. The summed E-state index contributed by atoms with van der Waals surface area (Å²) in [5, 5.41) is 0. The van der Waals surface area contributed by atoms with Gasteiger partial charge in [0.05, 0.1) is 17.3 Å². The molecule has 14 heavy (non-hydrogen) atoms. The number of halogens is 1. The molecule has 1 fully saturated rings. The Morgan fingerprint density at radius 2 is 1.71 bits per heavy atom. The third-order valence-electron chi connectivity index (χ3n) is 2.49. The molecule has 0 aliphatic carbocycles. The van der Waals surface area contributed by atoms with Crippen LogP contribution in [-0.4, -0.2) is 59.8 Å². The maximum Gasteiger partial charge on any atom is 0.0596 e. The topological polar surface area (TPSA) is 15.7 Å². The molecule has 0 aromatic carbocycles. The fourth-order valence-electron chi connectivity index (χ4n) is 1.55. The van der Waals surface area contributed by atoms with Crippen LogP contribution in [-0.2, 0) is 4.74 Å². The highest BCUT2D eigenvalue weighted by Crippen LogP contribution is 2.03. The number of hydrogen-bond acceptors (Lipinski definition) is 3. The van der Waals surface area contributed by atoms with E-state index in [1.54, 1.807) is 0 Å². The van der Waals surface area contributed by atoms with Crippen LogP contribution in [0.3, 0.4) is 0 Å². The lowest BCUT2D eigenvalue weighted by Gasteiger charge is -2.33. The predicted octanol–water partition coefficient (Wildman–Crippen LogP) is 1.42. The van der Waals surface area contributed by atoms with Crippen LogP contribution in [0.5, 0.6) is 0 Å². The van der Waals surface area contributed by atoms with Gasteiger partial charge < -0.3 is 4.74 Å². The lowest BCUT2D eigenvalue weighted by molar-refractivity contribution is 0.0475. The van der Waals surface area contributed by atoms with Crippen LogP contribution in [0, 0.1) is 0 Å². The molecule has 1 aliphatic rings. The van der Waals surface area contributed by atoms with E-state index in [1.807, 2.05) is 0 Å². The van der Waals surface area contributed by atoms with E-state index in [1.165, 1.54) is 26.2 Å². The third-order valence-corrected chi connectivity index (χ3v) is 3.46. The fraction of sp³-hybridized carbons (Fsp3) is 1.00. The predicted molar refractivity (Wildman–Crippen MR) is 68.0 cm³/mol. The second-order valence-electron chi connectivity index (χ2n) is 4.00. The highest BCUT2D eigenvalue weighted by atomic mass is 127. The van der Waals surface area contributed by atoms with Crippen molar-refractivity contribution >= 4 is 22.6 Å². The second-order valence-corrected chi connectivity index (χ2v) is 4.68. The molecule has 1 aliphatic heterocycles. The quantitative estimate of drug-likeness (QED) is 0.434. The van der Waals surface area contributed by atoms with Gasteiger partial charge in [-0.05, 0) is 13.8 Å².